The van der Waals surface area contributed by atoms with E-state index in [0.29, 0.717) is 0 Å². The molecule has 0 saturated carbocycles. The van der Waals surface area contributed by atoms with Crippen LogP contribution in [-0.2, 0) is 12.1 Å². The Morgan fingerprint density at radius 3 is 2.14 bits per heavy atom. The third-order valence-corrected chi connectivity index (χ3v) is 5.82. The smallest absolute Gasteiger partial charge is 0.214 e. The number of hydrogen-bond donors (Lipinski definition) is 2. The first-order valence-electron chi connectivity index (χ1n) is 10.6. The normalized spacial score (nSPS) is 21.1. The highest BCUT2D eigenvalue weighted by atomic mass is 15.6. The molecule has 1 aliphatic heterocycles. The standard InChI is InChI=1S/C23H30N6/c1-23(2,3)29-22(24-25-26-29)21(20-12-8-5-9-13-20)28-16-14-27(15-17-28)18-19-10-6-4-7-11-19/h4-13,21H,14-18H2,1-3H3/p+2/t21-/m1/s1. The molecule has 0 bridgehead atoms. The lowest BCUT2D eigenvalue weighted by Gasteiger charge is -2.35. The molecule has 0 aliphatic carbocycles. The lowest BCUT2D eigenvalue weighted by Crippen LogP contribution is -3.27. The maximum atomic E-state index is 4.50. The average molecular weight is 393 g/mol. The van der Waals surface area contributed by atoms with Gasteiger partial charge in [-0.3, -0.25) is 0 Å². The second-order valence-corrected chi connectivity index (χ2v) is 9.03. The van der Waals surface area contributed by atoms with Crippen LogP contribution in [-0.4, -0.2) is 46.4 Å². The van der Waals surface area contributed by atoms with Crippen LogP contribution in [0.25, 0.3) is 0 Å². The highest BCUT2D eigenvalue weighted by molar-refractivity contribution is 5.22. The van der Waals surface area contributed by atoms with Crippen LogP contribution in [0, 0.1) is 0 Å². The molecule has 2 N–H and O–H groups in total. The Hall–Kier alpha value is -2.57. The number of hydrogen-bond acceptors (Lipinski definition) is 3. The maximum absolute atomic E-state index is 4.50. The van der Waals surface area contributed by atoms with E-state index in [1.54, 1.807) is 9.80 Å². The summed E-state index contributed by atoms with van der Waals surface area (Å²) in [6, 6.07) is 21.7. The number of benzene rings is 2. The molecule has 4 rings (SSSR count). The van der Waals surface area contributed by atoms with Gasteiger partial charge in [0.15, 0.2) is 6.04 Å². The lowest BCUT2D eigenvalue weighted by atomic mass is 10.0. The van der Waals surface area contributed by atoms with Crippen molar-refractivity contribution in [1.29, 1.82) is 0 Å². The van der Waals surface area contributed by atoms with Crippen molar-refractivity contribution in [3.63, 3.8) is 0 Å². The van der Waals surface area contributed by atoms with Crippen LogP contribution in [0.1, 0.15) is 43.8 Å². The first-order chi connectivity index (χ1) is 14.0. The van der Waals surface area contributed by atoms with Gasteiger partial charge in [0.05, 0.1) is 5.54 Å². The number of rotatable bonds is 5. The Labute approximate surface area is 173 Å². The summed E-state index contributed by atoms with van der Waals surface area (Å²) in [5.41, 5.74) is 2.56. The molecule has 0 unspecified atom stereocenters. The van der Waals surface area contributed by atoms with Crippen LogP contribution in [0.4, 0.5) is 0 Å². The summed E-state index contributed by atoms with van der Waals surface area (Å²) in [6.45, 7) is 12.1. The second kappa shape index (κ2) is 8.43. The summed E-state index contributed by atoms with van der Waals surface area (Å²) in [5, 5.41) is 12.9. The molecule has 1 atom stereocenters. The van der Waals surface area contributed by atoms with E-state index in [2.05, 4.69) is 97.0 Å². The Balaban J connectivity index is 1.55. The van der Waals surface area contributed by atoms with Gasteiger partial charge in [-0.25, -0.2) is 4.68 Å². The van der Waals surface area contributed by atoms with E-state index in [9.17, 15) is 0 Å². The SMILES string of the molecule is CC(C)(C)n1nnnc1[C@@H](c1ccccc1)[NH+]1CC[NH+](Cc2ccccc2)CC1. The van der Waals surface area contributed by atoms with Gasteiger partial charge in [0.1, 0.15) is 32.7 Å². The van der Waals surface area contributed by atoms with Crippen molar-refractivity contribution in [2.45, 2.75) is 38.9 Å². The van der Waals surface area contributed by atoms with Crippen LogP contribution >= 0.6 is 0 Å². The zero-order valence-corrected chi connectivity index (χ0v) is 17.7. The van der Waals surface area contributed by atoms with Gasteiger partial charge in [0.2, 0.25) is 5.82 Å². The molecule has 2 heterocycles. The van der Waals surface area contributed by atoms with E-state index in [1.807, 2.05) is 4.68 Å². The molecule has 1 fully saturated rings. The Morgan fingerprint density at radius 1 is 0.897 bits per heavy atom. The summed E-state index contributed by atoms with van der Waals surface area (Å²) in [7, 11) is 0. The molecular formula is C23H32N6+2. The first-order valence-corrected chi connectivity index (χ1v) is 10.6. The molecule has 1 aromatic heterocycles. The fourth-order valence-electron chi connectivity index (χ4n) is 4.34. The van der Waals surface area contributed by atoms with E-state index in [4.69, 9.17) is 0 Å². The van der Waals surface area contributed by atoms with Crippen molar-refractivity contribution in [3.8, 4) is 0 Å². The summed E-state index contributed by atoms with van der Waals surface area (Å²) in [6.07, 6.45) is 0. The molecule has 2 aromatic carbocycles. The molecule has 0 radical (unpaired) electrons. The highest BCUT2D eigenvalue weighted by Gasteiger charge is 2.37. The molecular weight excluding hydrogens is 360 g/mol. The Morgan fingerprint density at radius 2 is 1.52 bits per heavy atom. The second-order valence-electron chi connectivity index (χ2n) is 9.03. The third-order valence-electron chi connectivity index (χ3n) is 5.82. The van der Waals surface area contributed by atoms with Crippen molar-refractivity contribution in [3.05, 3.63) is 77.6 Å². The van der Waals surface area contributed by atoms with Crippen molar-refractivity contribution in [2.75, 3.05) is 26.2 Å². The van der Waals surface area contributed by atoms with Crippen molar-refractivity contribution in [2.24, 2.45) is 0 Å². The fourth-order valence-corrected chi connectivity index (χ4v) is 4.34. The summed E-state index contributed by atoms with van der Waals surface area (Å²) >= 11 is 0. The first kappa shape index (κ1) is 19.7. The topological polar surface area (TPSA) is 52.5 Å². The Kier molecular flexibility index (Phi) is 5.74. The number of nitrogens with one attached hydrogen (secondary N) is 2. The van der Waals surface area contributed by atoms with Gasteiger partial charge in [-0.1, -0.05) is 60.7 Å². The zero-order valence-electron chi connectivity index (χ0n) is 17.7. The van der Waals surface area contributed by atoms with Crippen LogP contribution in [0.2, 0.25) is 0 Å². The minimum Gasteiger partial charge on any atom is -0.322 e. The minimum absolute atomic E-state index is 0.147. The van der Waals surface area contributed by atoms with E-state index >= 15 is 0 Å². The van der Waals surface area contributed by atoms with Gasteiger partial charge < -0.3 is 9.80 Å². The lowest BCUT2D eigenvalue weighted by molar-refractivity contribution is -1.03. The monoisotopic (exact) mass is 392 g/mol. The molecule has 1 saturated heterocycles. The van der Waals surface area contributed by atoms with Gasteiger partial charge in [-0.05, 0) is 31.2 Å². The van der Waals surface area contributed by atoms with Crippen molar-refractivity contribution >= 4 is 0 Å². The predicted octanol–water partition coefficient (Wildman–Crippen LogP) is 0.501. The van der Waals surface area contributed by atoms with Gasteiger partial charge in [-0.15, -0.1) is 5.10 Å². The largest absolute Gasteiger partial charge is 0.322 e. The van der Waals surface area contributed by atoms with Crippen molar-refractivity contribution < 1.29 is 9.80 Å². The summed E-state index contributed by atoms with van der Waals surface area (Å²) < 4.78 is 2.00. The molecule has 6 nitrogen and oxygen atoms in total. The van der Waals surface area contributed by atoms with Gasteiger partial charge in [0.25, 0.3) is 0 Å². The fraction of sp³-hybridized carbons (Fsp3) is 0.435. The maximum Gasteiger partial charge on any atom is 0.214 e. The van der Waals surface area contributed by atoms with Crippen LogP contribution < -0.4 is 9.80 Å². The number of aromatic nitrogens is 4. The summed E-state index contributed by atoms with van der Waals surface area (Å²) in [5.74, 6) is 0.963. The minimum atomic E-state index is -0.147. The van der Waals surface area contributed by atoms with Gasteiger partial charge >= 0.3 is 0 Å². The van der Waals surface area contributed by atoms with E-state index in [1.165, 1.54) is 11.1 Å². The number of tetrazole rings is 1. The zero-order chi connectivity index (χ0) is 20.3. The van der Waals surface area contributed by atoms with Gasteiger partial charge in [0, 0.05) is 11.1 Å². The molecule has 1 aliphatic rings. The summed E-state index contributed by atoms with van der Waals surface area (Å²) in [4.78, 5) is 3.20. The van der Waals surface area contributed by atoms with Gasteiger partial charge in [-0.2, -0.15) is 0 Å². The number of piperazine rings is 1. The van der Waals surface area contributed by atoms with Crippen LogP contribution in [0.3, 0.4) is 0 Å². The molecule has 6 heteroatoms. The number of nitrogens with zero attached hydrogens (tertiary/aromatic N) is 4. The van der Waals surface area contributed by atoms with Crippen LogP contribution in [0.15, 0.2) is 60.7 Å². The van der Waals surface area contributed by atoms with E-state index in [-0.39, 0.29) is 11.6 Å². The Bertz CT molecular complexity index is 892. The third kappa shape index (κ3) is 4.54. The molecule has 0 amide bonds. The van der Waals surface area contributed by atoms with Crippen molar-refractivity contribution in [1.82, 2.24) is 20.2 Å². The number of quaternary nitrogens is 2. The molecule has 3 aromatic rings. The highest BCUT2D eigenvalue weighted by Crippen LogP contribution is 2.21. The van der Waals surface area contributed by atoms with E-state index < -0.39 is 0 Å². The molecule has 152 valence electrons. The average Bonchev–Trinajstić information content (AvgIpc) is 3.21. The molecule has 29 heavy (non-hydrogen) atoms. The quantitative estimate of drug-likeness (QED) is 0.665. The van der Waals surface area contributed by atoms with Crippen LogP contribution in [0.5, 0.6) is 0 Å². The van der Waals surface area contributed by atoms with E-state index in [0.717, 1.165) is 38.5 Å². The molecule has 0 spiro atoms. The predicted molar refractivity (Wildman–Crippen MR) is 113 cm³/mol.